The lowest BCUT2D eigenvalue weighted by Gasteiger charge is -2.19. The molecule has 1 aliphatic heterocycles. The highest BCUT2D eigenvalue weighted by molar-refractivity contribution is 6.10. The minimum Gasteiger partial charge on any atom is -0.481 e. The van der Waals surface area contributed by atoms with E-state index in [1.807, 2.05) is 32.0 Å². The number of hydrogen-bond donors (Lipinski definition) is 4. The third kappa shape index (κ3) is 8.40. The quantitative estimate of drug-likeness (QED) is 0.321. The van der Waals surface area contributed by atoms with Gasteiger partial charge in [-0.15, -0.1) is 0 Å². The van der Waals surface area contributed by atoms with E-state index in [-0.39, 0.29) is 43.3 Å². The van der Waals surface area contributed by atoms with E-state index in [4.69, 9.17) is 5.11 Å². The number of benzene rings is 3. The summed E-state index contributed by atoms with van der Waals surface area (Å²) >= 11 is 0. The Morgan fingerprint density at radius 3 is 2.07 bits per heavy atom. The molecule has 0 bridgehead atoms. The van der Waals surface area contributed by atoms with Crippen molar-refractivity contribution in [3.8, 4) is 0 Å². The Morgan fingerprint density at radius 1 is 0.829 bits per heavy atom. The van der Waals surface area contributed by atoms with Crippen LogP contribution in [0.3, 0.4) is 0 Å². The fourth-order valence-corrected chi connectivity index (χ4v) is 4.05. The number of aliphatic carboxylic acids is 1. The standard InChI is InChI=1S/C28H27N5O6.C2H6/c1-32-23-12-11-21(16-22(23)27(38)33(17-25(32)35)14-13-26(36)37)29-24(34)15-18-7-9-20(10-8-18)31-28(39)30-19-5-3-2-4-6-19;1-2/h2-12,16H,13-15,17H2,1H3,(H,29,34)(H,36,37)(H2,30,31,39);1-2H3. The first-order chi connectivity index (χ1) is 19.7. The molecule has 4 N–H and O–H groups in total. The van der Waals surface area contributed by atoms with Crippen LogP contribution in [0.1, 0.15) is 36.2 Å². The molecule has 0 aliphatic carbocycles. The lowest BCUT2D eigenvalue weighted by atomic mass is 10.1. The first kappa shape index (κ1) is 30.4. The Hall–Kier alpha value is -5.19. The predicted octanol–water partition coefficient (Wildman–Crippen LogP) is 4.43. The van der Waals surface area contributed by atoms with Crippen molar-refractivity contribution in [2.45, 2.75) is 26.7 Å². The molecular formula is C30H33N5O6. The van der Waals surface area contributed by atoms with Gasteiger partial charge < -0.3 is 30.9 Å². The van der Waals surface area contributed by atoms with Crippen molar-refractivity contribution in [1.82, 2.24) is 4.90 Å². The maximum Gasteiger partial charge on any atom is 0.323 e. The van der Waals surface area contributed by atoms with Gasteiger partial charge in [0.1, 0.15) is 6.54 Å². The normalized spacial score (nSPS) is 12.4. The van der Waals surface area contributed by atoms with Crippen LogP contribution in [0, 0.1) is 0 Å². The number of carboxylic acid groups (broad SMARTS) is 1. The van der Waals surface area contributed by atoms with Gasteiger partial charge in [0.15, 0.2) is 0 Å². The lowest BCUT2D eigenvalue weighted by molar-refractivity contribution is -0.137. The molecule has 1 aliphatic rings. The number of carbonyl (C=O) groups is 5. The first-order valence-corrected chi connectivity index (χ1v) is 13.1. The SMILES string of the molecule is CC.CN1C(=O)CN(CCC(=O)O)C(=O)c2cc(NC(=O)Cc3ccc(NC(=O)Nc4ccccc4)cc3)ccc21. The van der Waals surface area contributed by atoms with E-state index in [9.17, 15) is 24.0 Å². The lowest BCUT2D eigenvalue weighted by Crippen LogP contribution is -2.38. The van der Waals surface area contributed by atoms with Crippen LogP contribution in [0.4, 0.5) is 27.5 Å². The number of fused-ring (bicyclic) bond motifs is 1. The second-order valence-corrected chi connectivity index (χ2v) is 8.92. The predicted molar refractivity (Wildman–Crippen MR) is 157 cm³/mol. The van der Waals surface area contributed by atoms with Crippen LogP contribution in [-0.4, -0.2) is 59.9 Å². The van der Waals surface area contributed by atoms with E-state index < -0.39 is 17.9 Å². The average Bonchev–Trinajstić information content (AvgIpc) is 3.04. The number of nitrogens with one attached hydrogen (secondary N) is 3. The van der Waals surface area contributed by atoms with Crippen molar-refractivity contribution in [1.29, 1.82) is 0 Å². The van der Waals surface area contributed by atoms with Crippen LogP contribution >= 0.6 is 0 Å². The number of anilines is 4. The number of hydrogen-bond acceptors (Lipinski definition) is 5. The number of urea groups is 1. The largest absolute Gasteiger partial charge is 0.481 e. The van der Waals surface area contributed by atoms with Gasteiger partial charge in [-0.25, -0.2) is 4.79 Å². The molecule has 41 heavy (non-hydrogen) atoms. The van der Waals surface area contributed by atoms with E-state index in [0.717, 1.165) is 0 Å². The summed E-state index contributed by atoms with van der Waals surface area (Å²) in [4.78, 5) is 64.0. The third-order valence-electron chi connectivity index (χ3n) is 6.06. The molecular weight excluding hydrogens is 526 g/mol. The molecule has 0 fully saturated rings. The second-order valence-electron chi connectivity index (χ2n) is 8.92. The van der Waals surface area contributed by atoms with Crippen LogP contribution in [0.15, 0.2) is 72.8 Å². The highest BCUT2D eigenvalue weighted by atomic mass is 16.4. The highest BCUT2D eigenvalue weighted by Crippen LogP contribution is 2.28. The number of amides is 5. The van der Waals surface area contributed by atoms with Gasteiger partial charge in [0.2, 0.25) is 11.8 Å². The minimum absolute atomic E-state index is 0.0463. The maximum absolute atomic E-state index is 13.1. The van der Waals surface area contributed by atoms with Gasteiger partial charge in [-0.1, -0.05) is 44.2 Å². The number of rotatable bonds is 8. The van der Waals surface area contributed by atoms with Gasteiger partial charge in [-0.05, 0) is 48.0 Å². The summed E-state index contributed by atoms with van der Waals surface area (Å²) in [5.41, 5.74) is 2.86. The number of carbonyl (C=O) groups excluding carboxylic acids is 4. The third-order valence-corrected chi connectivity index (χ3v) is 6.06. The summed E-state index contributed by atoms with van der Waals surface area (Å²) in [6.45, 7) is 3.65. The van der Waals surface area contributed by atoms with Crippen LogP contribution in [0.5, 0.6) is 0 Å². The van der Waals surface area contributed by atoms with Gasteiger partial charge in [0.25, 0.3) is 5.91 Å². The Balaban J connectivity index is 0.00000226. The van der Waals surface area contributed by atoms with Crippen LogP contribution in [0.2, 0.25) is 0 Å². The number of likely N-dealkylation sites (N-methyl/N-ethyl adjacent to an activating group) is 1. The van der Waals surface area contributed by atoms with Gasteiger partial charge in [-0.3, -0.25) is 19.2 Å². The molecule has 0 aromatic heterocycles. The second kappa shape index (κ2) is 14.3. The zero-order valence-corrected chi connectivity index (χ0v) is 23.1. The van der Waals surface area contributed by atoms with Crippen molar-refractivity contribution in [2.24, 2.45) is 0 Å². The van der Waals surface area contributed by atoms with E-state index in [1.165, 1.54) is 22.9 Å². The molecule has 0 atom stereocenters. The molecule has 0 saturated heterocycles. The van der Waals surface area contributed by atoms with E-state index >= 15 is 0 Å². The molecule has 3 aromatic carbocycles. The first-order valence-electron chi connectivity index (χ1n) is 13.1. The van der Waals surface area contributed by atoms with Crippen LogP contribution in [0.25, 0.3) is 0 Å². The number of nitrogens with zero attached hydrogens (tertiary/aromatic N) is 2. The molecule has 1 heterocycles. The summed E-state index contributed by atoms with van der Waals surface area (Å²) in [6, 6.07) is 20.1. The summed E-state index contributed by atoms with van der Waals surface area (Å²) in [7, 11) is 1.54. The molecule has 4 rings (SSSR count). The minimum atomic E-state index is -1.08. The molecule has 0 spiro atoms. The molecule has 11 heteroatoms. The molecule has 0 radical (unpaired) electrons. The van der Waals surface area contributed by atoms with Gasteiger partial charge in [0.05, 0.1) is 24.1 Å². The number of carboxylic acids is 1. The highest BCUT2D eigenvalue weighted by Gasteiger charge is 2.30. The molecule has 3 aromatic rings. The molecule has 11 nitrogen and oxygen atoms in total. The Morgan fingerprint density at radius 2 is 1.44 bits per heavy atom. The van der Waals surface area contributed by atoms with E-state index in [0.29, 0.717) is 28.3 Å². The summed E-state index contributed by atoms with van der Waals surface area (Å²) < 4.78 is 0. The zero-order chi connectivity index (χ0) is 29.9. The van der Waals surface area contributed by atoms with E-state index in [1.54, 1.807) is 48.5 Å². The Bertz CT molecular complexity index is 1410. The van der Waals surface area contributed by atoms with Crippen molar-refractivity contribution >= 4 is 52.5 Å². The van der Waals surface area contributed by atoms with Gasteiger partial charge >= 0.3 is 12.0 Å². The summed E-state index contributed by atoms with van der Waals surface area (Å²) in [6.07, 6.45) is -0.245. The molecule has 0 unspecified atom stereocenters. The Labute approximate surface area is 238 Å². The molecule has 214 valence electrons. The maximum atomic E-state index is 13.1. The fourth-order valence-electron chi connectivity index (χ4n) is 4.05. The smallest absolute Gasteiger partial charge is 0.323 e. The Kier molecular flexibility index (Phi) is 10.6. The van der Waals surface area contributed by atoms with Crippen LogP contribution < -0.4 is 20.9 Å². The van der Waals surface area contributed by atoms with Gasteiger partial charge in [-0.2, -0.15) is 0 Å². The average molecular weight is 560 g/mol. The molecule has 5 amide bonds. The monoisotopic (exact) mass is 559 g/mol. The van der Waals surface area contributed by atoms with Crippen molar-refractivity contribution < 1.29 is 29.1 Å². The number of para-hydroxylation sites is 1. The summed E-state index contributed by atoms with van der Waals surface area (Å²) in [5, 5.41) is 17.2. The van der Waals surface area contributed by atoms with Crippen molar-refractivity contribution in [2.75, 3.05) is 41.0 Å². The zero-order valence-electron chi connectivity index (χ0n) is 23.1. The van der Waals surface area contributed by atoms with Crippen molar-refractivity contribution in [3.63, 3.8) is 0 Å². The molecule has 0 saturated carbocycles. The summed E-state index contributed by atoms with van der Waals surface area (Å²) in [5.74, 6) is -2.24. The van der Waals surface area contributed by atoms with Gasteiger partial charge in [0, 0.05) is 30.7 Å². The van der Waals surface area contributed by atoms with E-state index in [2.05, 4.69) is 16.0 Å². The fraction of sp³-hybridized carbons (Fsp3) is 0.233. The topological polar surface area (TPSA) is 148 Å². The van der Waals surface area contributed by atoms with Crippen molar-refractivity contribution in [3.05, 3.63) is 83.9 Å². The van der Waals surface area contributed by atoms with Crippen LogP contribution in [-0.2, 0) is 20.8 Å².